The van der Waals surface area contributed by atoms with E-state index in [0.29, 0.717) is 0 Å². The molecule has 0 spiro atoms. The van der Waals surface area contributed by atoms with Gasteiger partial charge in [0, 0.05) is 35.6 Å². The van der Waals surface area contributed by atoms with Crippen LogP contribution in [0.2, 0.25) is 0 Å². The Morgan fingerprint density at radius 2 is 2.43 bits per heavy atom. The molecule has 0 radical (unpaired) electrons. The third kappa shape index (κ3) is 1.90. The SMILES string of the molecule is Cc1cn(Cc2nccs2)ccc1=O. The maximum absolute atomic E-state index is 11.1. The van der Waals surface area contributed by atoms with Gasteiger partial charge in [0.2, 0.25) is 0 Å². The van der Waals surface area contributed by atoms with Crippen LogP contribution >= 0.6 is 11.3 Å². The van der Waals surface area contributed by atoms with Crippen LogP contribution < -0.4 is 5.43 Å². The average molecular weight is 206 g/mol. The van der Waals surface area contributed by atoms with Gasteiger partial charge in [-0.2, -0.15) is 0 Å². The lowest BCUT2D eigenvalue weighted by atomic mass is 10.3. The molecule has 2 aromatic rings. The molecule has 0 aliphatic rings. The molecule has 0 aliphatic heterocycles. The minimum absolute atomic E-state index is 0.0837. The van der Waals surface area contributed by atoms with E-state index < -0.39 is 0 Å². The van der Waals surface area contributed by atoms with Gasteiger partial charge in [-0.05, 0) is 6.92 Å². The summed E-state index contributed by atoms with van der Waals surface area (Å²) in [5.41, 5.74) is 0.851. The van der Waals surface area contributed by atoms with Crippen molar-refractivity contribution in [3.63, 3.8) is 0 Å². The number of rotatable bonds is 2. The molecule has 2 rings (SSSR count). The number of hydrogen-bond donors (Lipinski definition) is 0. The molecule has 3 nitrogen and oxygen atoms in total. The van der Waals surface area contributed by atoms with Crippen LogP contribution in [-0.2, 0) is 6.54 Å². The molecule has 0 atom stereocenters. The summed E-state index contributed by atoms with van der Waals surface area (Å²) in [4.78, 5) is 15.3. The minimum Gasteiger partial charge on any atom is -0.347 e. The molecule has 0 aliphatic carbocycles. The second-order valence-electron chi connectivity index (χ2n) is 3.09. The van der Waals surface area contributed by atoms with Gasteiger partial charge in [0.05, 0.1) is 6.54 Å². The highest BCUT2D eigenvalue weighted by molar-refractivity contribution is 7.09. The van der Waals surface area contributed by atoms with Crippen molar-refractivity contribution in [3.8, 4) is 0 Å². The summed E-state index contributed by atoms with van der Waals surface area (Å²) in [6.07, 6.45) is 5.43. The van der Waals surface area contributed by atoms with Crippen LogP contribution in [0.1, 0.15) is 10.6 Å². The normalized spacial score (nSPS) is 10.4. The standard InChI is InChI=1S/C10H10N2OS/c1-8-6-12(4-2-9(8)13)7-10-11-3-5-14-10/h2-6H,7H2,1H3. The third-order valence-electron chi connectivity index (χ3n) is 1.97. The fourth-order valence-corrected chi connectivity index (χ4v) is 1.86. The van der Waals surface area contributed by atoms with Crippen LogP contribution in [-0.4, -0.2) is 9.55 Å². The van der Waals surface area contributed by atoms with Crippen molar-refractivity contribution in [3.05, 3.63) is 50.8 Å². The Hall–Kier alpha value is -1.42. The first kappa shape index (κ1) is 9.15. The second kappa shape index (κ2) is 3.75. The quantitative estimate of drug-likeness (QED) is 0.749. The first-order valence-corrected chi connectivity index (χ1v) is 5.19. The predicted molar refractivity (Wildman–Crippen MR) is 56.7 cm³/mol. The molecular formula is C10H10N2OS. The van der Waals surface area contributed by atoms with E-state index in [0.717, 1.165) is 17.1 Å². The predicted octanol–water partition coefficient (Wildman–Crippen LogP) is 1.66. The number of aromatic nitrogens is 2. The highest BCUT2D eigenvalue weighted by atomic mass is 32.1. The lowest BCUT2D eigenvalue weighted by Gasteiger charge is -2.03. The molecule has 0 unspecified atom stereocenters. The molecule has 14 heavy (non-hydrogen) atoms. The lowest BCUT2D eigenvalue weighted by Crippen LogP contribution is -2.09. The topological polar surface area (TPSA) is 34.9 Å². The Labute approximate surface area is 85.7 Å². The van der Waals surface area contributed by atoms with Gasteiger partial charge in [-0.1, -0.05) is 0 Å². The van der Waals surface area contributed by atoms with E-state index in [1.54, 1.807) is 29.8 Å². The Morgan fingerprint density at radius 1 is 1.57 bits per heavy atom. The first-order chi connectivity index (χ1) is 6.75. The number of hydrogen-bond acceptors (Lipinski definition) is 3. The van der Waals surface area contributed by atoms with E-state index in [9.17, 15) is 4.79 Å². The summed E-state index contributed by atoms with van der Waals surface area (Å²) in [5.74, 6) is 0. The lowest BCUT2D eigenvalue weighted by molar-refractivity contribution is 0.776. The minimum atomic E-state index is 0.0837. The van der Waals surface area contributed by atoms with Gasteiger partial charge in [-0.15, -0.1) is 11.3 Å². The molecule has 0 fully saturated rings. The van der Waals surface area contributed by atoms with Crippen LogP contribution in [0.4, 0.5) is 0 Å². The first-order valence-electron chi connectivity index (χ1n) is 4.31. The van der Waals surface area contributed by atoms with Crippen LogP contribution in [0, 0.1) is 6.92 Å². The molecule has 0 N–H and O–H groups in total. The maximum atomic E-state index is 11.1. The zero-order valence-corrected chi connectivity index (χ0v) is 8.62. The average Bonchev–Trinajstić information content (AvgIpc) is 2.64. The van der Waals surface area contributed by atoms with E-state index in [2.05, 4.69) is 4.98 Å². The summed E-state index contributed by atoms with van der Waals surface area (Å²) < 4.78 is 1.97. The van der Waals surface area contributed by atoms with Gasteiger partial charge in [0.25, 0.3) is 0 Å². The van der Waals surface area contributed by atoms with Crippen LogP contribution in [0.15, 0.2) is 34.8 Å². The Bertz CT molecular complexity index is 473. The van der Waals surface area contributed by atoms with Crippen molar-refractivity contribution in [2.45, 2.75) is 13.5 Å². The van der Waals surface area contributed by atoms with Gasteiger partial charge in [0.1, 0.15) is 5.01 Å². The molecule has 0 amide bonds. The van der Waals surface area contributed by atoms with E-state index in [-0.39, 0.29) is 5.43 Å². The van der Waals surface area contributed by atoms with E-state index >= 15 is 0 Å². The second-order valence-corrected chi connectivity index (χ2v) is 4.07. The Balaban J connectivity index is 2.26. The number of nitrogens with zero attached hydrogens (tertiary/aromatic N) is 2. The van der Waals surface area contributed by atoms with E-state index in [1.807, 2.05) is 23.1 Å². The summed E-state index contributed by atoms with van der Waals surface area (Å²) in [6, 6.07) is 1.59. The highest BCUT2D eigenvalue weighted by Gasteiger charge is 1.97. The zero-order chi connectivity index (χ0) is 9.97. The van der Waals surface area contributed by atoms with Gasteiger partial charge in [-0.25, -0.2) is 4.98 Å². The van der Waals surface area contributed by atoms with Crippen molar-refractivity contribution in [1.29, 1.82) is 0 Å². The molecule has 4 heteroatoms. The van der Waals surface area contributed by atoms with Crippen molar-refractivity contribution in [2.24, 2.45) is 0 Å². The summed E-state index contributed by atoms with van der Waals surface area (Å²) in [6.45, 7) is 2.56. The molecule has 2 aromatic heterocycles. The maximum Gasteiger partial charge on any atom is 0.184 e. The highest BCUT2D eigenvalue weighted by Crippen LogP contribution is 2.06. The largest absolute Gasteiger partial charge is 0.347 e. The van der Waals surface area contributed by atoms with Crippen molar-refractivity contribution in [2.75, 3.05) is 0 Å². The molecule has 0 saturated heterocycles. The number of pyridine rings is 1. The fourth-order valence-electron chi connectivity index (χ4n) is 1.24. The molecule has 2 heterocycles. The number of thiazole rings is 1. The van der Waals surface area contributed by atoms with Crippen LogP contribution in [0.25, 0.3) is 0 Å². The molecular weight excluding hydrogens is 196 g/mol. The number of aryl methyl sites for hydroxylation is 1. The molecule has 0 saturated carbocycles. The summed E-state index contributed by atoms with van der Waals surface area (Å²) in [5, 5.41) is 3.00. The van der Waals surface area contributed by atoms with Crippen molar-refractivity contribution in [1.82, 2.24) is 9.55 Å². The monoisotopic (exact) mass is 206 g/mol. The van der Waals surface area contributed by atoms with Crippen LogP contribution in [0.3, 0.4) is 0 Å². The molecule has 0 bridgehead atoms. The van der Waals surface area contributed by atoms with Gasteiger partial charge in [0.15, 0.2) is 5.43 Å². The smallest absolute Gasteiger partial charge is 0.184 e. The molecule has 72 valence electrons. The zero-order valence-electron chi connectivity index (χ0n) is 7.80. The Kier molecular flexibility index (Phi) is 2.45. The summed E-state index contributed by atoms with van der Waals surface area (Å²) in [7, 11) is 0. The molecule has 0 aromatic carbocycles. The van der Waals surface area contributed by atoms with Gasteiger partial charge in [-0.3, -0.25) is 4.79 Å². The Morgan fingerprint density at radius 3 is 3.07 bits per heavy atom. The summed E-state index contributed by atoms with van der Waals surface area (Å²) >= 11 is 1.62. The van der Waals surface area contributed by atoms with E-state index in [1.165, 1.54) is 0 Å². The van der Waals surface area contributed by atoms with Gasteiger partial charge < -0.3 is 4.57 Å². The van der Waals surface area contributed by atoms with Crippen molar-refractivity contribution >= 4 is 11.3 Å². The van der Waals surface area contributed by atoms with Crippen LogP contribution in [0.5, 0.6) is 0 Å². The van der Waals surface area contributed by atoms with Crippen molar-refractivity contribution < 1.29 is 0 Å². The third-order valence-corrected chi connectivity index (χ3v) is 2.73. The van der Waals surface area contributed by atoms with Gasteiger partial charge >= 0.3 is 0 Å². The fraction of sp³-hybridized carbons (Fsp3) is 0.200. The van der Waals surface area contributed by atoms with E-state index in [4.69, 9.17) is 0 Å².